The number of esters is 1. The second kappa shape index (κ2) is 13.5. The fraction of sp³-hybridized carbons (Fsp3) is 0.500. The molecule has 0 radical (unpaired) electrons. The monoisotopic (exact) mass is 500 g/mol. The Balaban J connectivity index is 1.71. The Morgan fingerprint density at radius 3 is 2.23 bits per heavy atom. The van der Waals surface area contributed by atoms with Crippen LogP contribution in [0.3, 0.4) is 0 Å². The molecule has 2 aromatic carbocycles. The van der Waals surface area contributed by atoms with Crippen LogP contribution in [0.5, 0.6) is 5.75 Å². The summed E-state index contributed by atoms with van der Waals surface area (Å²) in [4.78, 5) is 25.7. The van der Waals surface area contributed by atoms with Crippen LogP contribution in [0.15, 0.2) is 44.4 Å². The Kier molecular flexibility index (Phi) is 10.5. The molecule has 0 fully saturated rings. The standard InChI is InChI=1S/C28H36O6S/c1-4-5-6-7-8-9-10-11-12-13-16-33-25-19-21(35(3)31)18-23-26(29)22-17-20(28(30)32-2)14-15-24(22)34-27(23)25/h14-15,17-19H,4-13,16H2,1-3H3. The highest BCUT2D eigenvalue weighted by Crippen LogP contribution is 2.31. The van der Waals surface area contributed by atoms with Crippen LogP contribution in [0.4, 0.5) is 0 Å². The number of carbonyl (C=O) groups is 1. The van der Waals surface area contributed by atoms with E-state index in [0.29, 0.717) is 28.4 Å². The Morgan fingerprint density at radius 1 is 0.943 bits per heavy atom. The van der Waals surface area contributed by atoms with Gasteiger partial charge >= 0.3 is 5.97 Å². The summed E-state index contributed by atoms with van der Waals surface area (Å²) in [6.07, 6.45) is 13.9. The zero-order chi connectivity index (χ0) is 25.2. The maximum Gasteiger partial charge on any atom is 0.337 e. The van der Waals surface area contributed by atoms with Crippen LogP contribution in [0.1, 0.15) is 81.5 Å². The van der Waals surface area contributed by atoms with Crippen molar-refractivity contribution in [3.8, 4) is 5.75 Å². The molecule has 0 amide bonds. The van der Waals surface area contributed by atoms with Gasteiger partial charge in [0.1, 0.15) is 11.8 Å². The lowest BCUT2D eigenvalue weighted by Crippen LogP contribution is -2.09. The predicted octanol–water partition coefficient (Wildman–Crippen LogP) is 6.77. The largest absolute Gasteiger partial charge is 0.612 e. The molecule has 1 heterocycles. The molecule has 3 aromatic rings. The Bertz CT molecular complexity index is 1180. The van der Waals surface area contributed by atoms with E-state index in [1.165, 1.54) is 64.5 Å². The number of ether oxygens (including phenoxy) is 2. The average molecular weight is 501 g/mol. The molecule has 1 atom stereocenters. The SMILES string of the molecule is CCCCCCCCCCCCOc1cc([S+](C)[O-])cc2c(=O)c3cc(C(=O)OC)ccc3oc12. The van der Waals surface area contributed by atoms with Gasteiger partial charge in [-0.15, -0.1) is 0 Å². The molecule has 6 nitrogen and oxygen atoms in total. The van der Waals surface area contributed by atoms with E-state index in [-0.39, 0.29) is 21.8 Å². The molecule has 35 heavy (non-hydrogen) atoms. The number of rotatable bonds is 14. The van der Waals surface area contributed by atoms with E-state index in [9.17, 15) is 14.1 Å². The molecule has 0 saturated carbocycles. The van der Waals surface area contributed by atoms with Crippen LogP contribution < -0.4 is 10.2 Å². The van der Waals surface area contributed by atoms with Gasteiger partial charge in [-0.25, -0.2) is 4.79 Å². The van der Waals surface area contributed by atoms with E-state index in [2.05, 4.69) is 6.92 Å². The Hall–Kier alpha value is -2.51. The summed E-state index contributed by atoms with van der Waals surface area (Å²) >= 11 is -1.30. The number of methoxy groups -OCH3 is 1. The van der Waals surface area contributed by atoms with Gasteiger partial charge in [0.05, 0.1) is 30.1 Å². The molecule has 190 valence electrons. The van der Waals surface area contributed by atoms with Crippen molar-refractivity contribution in [2.75, 3.05) is 20.0 Å². The van der Waals surface area contributed by atoms with Gasteiger partial charge in [-0.3, -0.25) is 4.79 Å². The Morgan fingerprint density at radius 2 is 1.60 bits per heavy atom. The minimum atomic E-state index is -1.30. The Labute approximate surface area is 210 Å². The van der Waals surface area contributed by atoms with Gasteiger partial charge in [0.2, 0.25) is 5.43 Å². The van der Waals surface area contributed by atoms with Gasteiger partial charge in [-0.05, 0) is 35.8 Å². The first-order valence-electron chi connectivity index (χ1n) is 12.6. The number of unbranched alkanes of at least 4 members (excludes halogenated alkanes) is 9. The molecular weight excluding hydrogens is 464 g/mol. The van der Waals surface area contributed by atoms with Crippen LogP contribution in [-0.2, 0) is 15.9 Å². The number of fused-ring (bicyclic) bond motifs is 2. The zero-order valence-electron chi connectivity index (χ0n) is 21.0. The third-order valence-corrected chi connectivity index (χ3v) is 7.12. The number of hydrogen-bond acceptors (Lipinski definition) is 6. The number of carbonyl (C=O) groups excluding carboxylic acids is 1. The van der Waals surface area contributed by atoms with Gasteiger partial charge in [0, 0.05) is 12.1 Å². The summed E-state index contributed by atoms with van der Waals surface area (Å²) < 4.78 is 29.0. The van der Waals surface area contributed by atoms with Crippen molar-refractivity contribution in [1.29, 1.82) is 0 Å². The minimum absolute atomic E-state index is 0.263. The quantitative estimate of drug-likeness (QED) is 0.105. The molecule has 0 spiro atoms. The molecule has 0 bridgehead atoms. The van der Waals surface area contributed by atoms with Gasteiger partial charge in [-0.1, -0.05) is 64.7 Å². The lowest BCUT2D eigenvalue weighted by atomic mass is 10.1. The molecule has 0 saturated heterocycles. The fourth-order valence-electron chi connectivity index (χ4n) is 4.19. The van der Waals surface area contributed by atoms with Crippen molar-refractivity contribution in [2.24, 2.45) is 0 Å². The molecule has 0 aliphatic heterocycles. The maximum atomic E-state index is 13.3. The summed E-state index contributed by atoms with van der Waals surface area (Å²) in [6, 6.07) is 7.87. The van der Waals surface area contributed by atoms with Crippen molar-refractivity contribution in [3.63, 3.8) is 0 Å². The van der Waals surface area contributed by atoms with E-state index >= 15 is 0 Å². The van der Waals surface area contributed by atoms with Crippen molar-refractivity contribution < 1.29 is 23.2 Å². The smallest absolute Gasteiger partial charge is 0.337 e. The van der Waals surface area contributed by atoms with E-state index in [0.717, 1.165) is 12.8 Å². The summed E-state index contributed by atoms with van der Waals surface area (Å²) in [5.41, 5.74) is 0.640. The van der Waals surface area contributed by atoms with Crippen LogP contribution in [0.2, 0.25) is 0 Å². The van der Waals surface area contributed by atoms with Crippen molar-refractivity contribution >= 4 is 39.1 Å². The number of hydrogen-bond donors (Lipinski definition) is 0. The van der Waals surface area contributed by atoms with E-state index in [1.807, 2.05) is 0 Å². The van der Waals surface area contributed by atoms with Crippen LogP contribution in [0.25, 0.3) is 21.9 Å². The first-order chi connectivity index (χ1) is 17.0. The molecule has 3 rings (SSSR count). The normalized spacial score (nSPS) is 12.2. The molecule has 0 N–H and O–H groups in total. The molecule has 7 heteroatoms. The highest BCUT2D eigenvalue weighted by atomic mass is 32.2. The van der Waals surface area contributed by atoms with Gasteiger partial charge in [-0.2, -0.15) is 0 Å². The first-order valence-corrected chi connectivity index (χ1v) is 14.1. The minimum Gasteiger partial charge on any atom is -0.612 e. The summed E-state index contributed by atoms with van der Waals surface area (Å²) in [5.74, 6) is -0.116. The highest BCUT2D eigenvalue weighted by Gasteiger charge is 2.19. The molecule has 1 unspecified atom stereocenters. The van der Waals surface area contributed by atoms with E-state index in [4.69, 9.17) is 13.9 Å². The fourth-order valence-corrected chi connectivity index (χ4v) is 4.75. The molecular formula is C28H36O6S. The predicted molar refractivity (Wildman–Crippen MR) is 141 cm³/mol. The second-order valence-corrected chi connectivity index (χ2v) is 10.3. The third kappa shape index (κ3) is 7.24. The van der Waals surface area contributed by atoms with E-state index < -0.39 is 17.1 Å². The number of benzene rings is 2. The molecule has 0 aliphatic carbocycles. The van der Waals surface area contributed by atoms with Gasteiger partial charge < -0.3 is 18.4 Å². The van der Waals surface area contributed by atoms with Crippen LogP contribution in [-0.4, -0.2) is 30.5 Å². The summed E-state index contributed by atoms with van der Waals surface area (Å²) in [7, 11) is 1.29. The van der Waals surface area contributed by atoms with Crippen molar-refractivity contribution in [2.45, 2.75) is 76.0 Å². The summed E-state index contributed by atoms with van der Waals surface area (Å²) in [6.45, 7) is 2.73. The van der Waals surface area contributed by atoms with Gasteiger partial charge in [0.25, 0.3) is 0 Å². The van der Waals surface area contributed by atoms with Gasteiger partial charge in [0.15, 0.2) is 16.2 Å². The topological polar surface area (TPSA) is 88.8 Å². The zero-order valence-corrected chi connectivity index (χ0v) is 21.8. The second-order valence-electron chi connectivity index (χ2n) is 8.92. The molecule has 0 aliphatic rings. The first kappa shape index (κ1) is 27.1. The average Bonchev–Trinajstić information content (AvgIpc) is 2.86. The van der Waals surface area contributed by atoms with E-state index in [1.54, 1.807) is 30.5 Å². The lowest BCUT2D eigenvalue weighted by Gasteiger charge is -2.12. The highest BCUT2D eigenvalue weighted by molar-refractivity contribution is 7.90. The van der Waals surface area contributed by atoms with Crippen molar-refractivity contribution in [3.05, 3.63) is 46.1 Å². The van der Waals surface area contributed by atoms with Crippen molar-refractivity contribution in [1.82, 2.24) is 0 Å². The summed E-state index contributed by atoms with van der Waals surface area (Å²) in [5, 5.41) is 0.547. The third-order valence-electron chi connectivity index (χ3n) is 6.22. The van der Waals surface area contributed by atoms with Crippen LogP contribution in [0, 0.1) is 0 Å². The van der Waals surface area contributed by atoms with Crippen LogP contribution >= 0.6 is 0 Å². The maximum absolute atomic E-state index is 13.3. The lowest BCUT2D eigenvalue weighted by molar-refractivity contribution is 0.0601. The molecule has 1 aromatic heterocycles.